The normalized spacial score (nSPS) is 10.3. The number of carbonyl (C=O) groups excluding carboxylic acids is 1. The first kappa shape index (κ1) is 11.0. The summed E-state index contributed by atoms with van der Waals surface area (Å²) in [5.41, 5.74) is 6.95. The molecule has 0 radical (unpaired) electrons. The molecule has 0 aliphatic rings. The molecule has 0 atom stereocenters. The number of nitrogen functional groups attached to an aromatic ring is 1. The van der Waals surface area contributed by atoms with E-state index in [9.17, 15) is 4.79 Å². The summed E-state index contributed by atoms with van der Waals surface area (Å²) in [5, 5.41) is 2.75. The number of rotatable bonds is 2. The predicted octanol–water partition coefficient (Wildman–Crippen LogP) is 2.63. The minimum Gasteiger partial charge on any atom is -0.397 e. The first-order chi connectivity index (χ1) is 6.50. The third-order valence-corrected chi connectivity index (χ3v) is 2.29. The van der Waals surface area contributed by atoms with E-state index in [2.05, 4.69) is 21.2 Å². The number of hydrogen-bond donors (Lipinski definition) is 2. The van der Waals surface area contributed by atoms with Crippen LogP contribution in [0.5, 0.6) is 0 Å². The molecule has 0 aromatic heterocycles. The molecule has 14 heavy (non-hydrogen) atoms. The van der Waals surface area contributed by atoms with Gasteiger partial charge in [-0.1, -0.05) is 29.8 Å². The van der Waals surface area contributed by atoms with E-state index in [0.29, 0.717) is 11.4 Å². The number of anilines is 2. The monoisotopic (exact) mass is 256 g/mol. The molecule has 0 aliphatic carbocycles. The maximum Gasteiger partial charge on any atom is 0.226 e. The van der Waals surface area contributed by atoms with Crippen molar-refractivity contribution in [2.75, 3.05) is 11.1 Å². The van der Waals surface area contributed by atoms with Crippen molar-refractivity contribution in [1.82, 2.24) is 0 Å². The molecule has 0 fully saturated rings. The predicted molar refractivity (Wildman–Crippen MR) is 62.0 cm³/mol. The van der Waals surface area contributed by atoms with Crippen molar-refractivity contribution in [1.29, 1.82) is 0 Å². The lowest BCUT2D eigenvalue weighted by Crippen LogP contribution is -2.18. The number of halogens is 1. The molecule has 0 saturated heterocycles. The van der Waals surface area contributed by atoms with Gasteiger partial charge in [-0.15, -0.1) is 0 Å². The fourth-order valence-electron chi connectivity index (χ4n) is 0.924. The van der Waals surface area contributed by atoms with Crippen molar-refractivity contribution in [2.45, 2.75) is 13.8 Å². The molecule has 0 heterocycles. The number of hydrogen-bond acceptors (Lipinski definition) is 2. The summed E-state index contributed by atoms with van der Waals surface area (Å²) in [6.07, 6.45) is 0. The molecular weight excluding hydrogens is 244 g/mol. The van der Waals surface area contributed by atoms with Crippen LogP contribution in [0.2, 0.25) is 0 Å². The van der Waals surface area contributed by atoms with Crippen LogP contribution in [0.1, 0.15) is 13.8 Å². The number of nitrogens with one attached hydrogen (secondary N) is 1. The topological polar surface area (TPSA) is 55.1 Å². The summed E-state index contributed by atoms with van der Waals surface area (Å²) in [5.74, 6) is -0.0722. The molecular formula is C10H13BrN2O. The summed E-state index contributed by atoms with van der Waals surface area (Å²) in [7, 11) is 0. The van der Waals surface area contributed by atoms with Gasteiger partial charge in [-0.2, -0.15) is 0 Å². The van der Waals surface area contributed by atoms with Crippen LogP contribution in [-0.4, -0.2) is 5.91 Å². The Balaban J connectivity index is 2.82. The minimum absolute atomic E-state index is 0.0287. The van der Waals surface area contributed by atoms with Gasteiger partial charge in [-0.05, 0) is 18.2 Å². The zero-order valence-corrected chi connectivity index (χ0v) is 9.76. The van der Waals surface area contributed by atoms with Crippen LogP contribution in [0, 0.1) is 5.92 Å². The van der Waals surface area contributed by atoms with Crippen LogP contribution in [0.3, 0.4) is 0 Å². The van der Waals surface area contributed by atoms with Crippen molar-refractivity contribution in [2.24, 2.45) is 5.92 Å². The third kappa shape index (κ3) is 2.73. The van der Waals surface area contributed by atoms with Crippen LogP contribution >= 0.6 is 15.9 Å². The molecule has 3 N–H and O–H groups in total. The number of nitrogens with two attached hydrogens (primary N) is 1. The lowest BCUT2D eigenvalue weighted by molar-refractivity contribution is -0.118. The van der Waals surface area contributed by atoms with Crippen LogP contribution < -0.4 is 11.1 Å². The third-order valence-electron chi connectivity index (χ3n) is 1.80. The zero-order chi connectivity index (χ0) is 10.7. The van der Waals surface area contributed by atoms with Crippen molar-refractivity contribution in [3.63, 3.8) is 0 Å². The van der Waals surface area contributed by atoms with Gasteiger partial charge < -0.3 is 11.1 Å². The lowest BCUT2D eigenvalue weighted by Gasteiger charge is -2.10. The molecule has 76 valence electrons. The molecule has 1 rings (SSSR count). The van der Waals surface area contributed by atoms with Crippen molar-refractivity contribution in [3.05, 3.63) is 22.7 Å². The average molecular weight is 257 g/mol. The lowest BCUT2D eigenvalue weighted by atomic mass is 10.2. The van der Waals surface area contributed by atoms with Crippen LogP contribution in [-0.2, 0) is 4.79 Å². The highest BCUT2D eigenvalue weighted by molar-refractivity contribution is 9.10. The standard InChI is InChI=1S/C10H13BrN2O/c1-6(2)10(14)13-9-4-3-7(11)5-8(9)12/h3-6H,12H2,1-2H3,(H,13,14). The van der Waals surface area contributed by atoms with Crippen LogP contribution in [0.4, 0.5) is 11.4 Å². The molecule has 1 aromatic rings. The van der Waals surface area contributed by atoms with E-state index in [0.717, 1.165) is 4.47 Å². The molecule has 0 spiro atoms. The summed E-state index contributed by atoms with van der Waals surface area (Å²) >= 11 is 3.30. The van der Waals surface area contributed by atoms with E-state index in [-0.39, 0.29) is 11.8 Å². The first-order valence-corrected chi connectivity index (χ1v) is 5.16. The highest BCUT2D eigenvalue weighted by atomic mass is 79.9. The molecule has 1 amide bonds. The molecule has 4 heteroatoms. The fraction of sp³-hybridized carbons (Fsp3) is 0.300. The van der Waals surface area contributed by atoms with E-state index in [1.54, 1.807) is 12.1 Å². The van der Waals surface area contributed by atoms with Crippen molar-refractivity contribution >= 4 is 33.2 Å². The van der Waals surface area contributed by atoms with Gasteiger partial charge in [0.1, 0.15) is 0 Å². The van der Waals surface area contributed by atoms with Gasteiger partial charge in [0, 0.05) is 10.4 Å². The summed E-state index contributed by atoms with van der Waals surface area (Å²) < 4.78 is 0.901. The molecule has 0 bridgehead atoms. The Hall–Kier alpha value is -1.03. The zero-order valence-electron chi connectivity index (χ0n) is 8.17. The molecule has 0 unspecified atom stereocenters. The Labute approximate surface area is 91.8 Å². The highest BCUT2D eigenvalue weighted by Gasteiger charge is 2.08. The number of carbonyl (C=O) groups is 1. The van der Waals surface area contributed by atoms with E-state index < -0.39 is 0 Å². The van der Waals surface area contributed by atoms with Gasteiger partial charge in [0.05, 0.1) is 11.4 Å². The van der Waals surface area contributed by atoms with Gasteiger partial charge in [-0.25, -0.2) is 0 Å². The van der Waals surface area contributed by atoms with Crippen LogP contribution in [0.15, 0.2) is 22.7 Å². The second-order valence-corrected chi connectivity index (χ2v) is 4.29. The second kappa shape index (κ2) is 4.46. The number of benzene rings is 1. The van der Waals surface area contributed by atoms with Crippen molar-refractivity contribution < 1.29 is 4.79 Å². The maximum absolute atomic E-state index is 11.4. The summed E-state index contributed by atoms with van der Waals surface area (Å²) in [6, 6.07) is 5.38. The highest BCUT2D eigenvalue weighted by Crippen LogP contribution is 2.23. The Morgan fingerprint density at radius 1 is 1.50 bits per heavy atom. The Kier molecular flexibility index (Phi) is 3.52. The number of amides is 1. The maximum atomic E-state index is 11.4. The minimum atomic E-state index is -0.0435. The van der Waals surface area contributed by atoms with Gasteiger partial charge in [0.15, 0.2) is 0 Å². The molecule has 3 nitrogen and oxygen atoms in total. The van der Waals surface area contributed by atoms with Gasteiger partial charge in [0.2, 0.25) is 5.91 Å². The Morgan fingerprint density at radius 2 is 2.14 bits per heavy atom. The Bertz CT molecular complexity index is 350. The Morgan fingerprint density at radius 3 is 2.64 bits per heavy atom. The summed E-state index contributed by atoms with van der Waals surface area (Å²) in [4.78, 5) is 11.4. The SMILES string of the molecule is CC(C)C(=O)Nc1ccc(Br)cc1N. The van der Waals surface area contributed by atoms with E-state index in [4.69, 9.17) is 5.73 Å². The quantitative estimate of drug-likeness (QED) is 0.800. The fourth-order valence-corrected chi connectivity index (χ4v) is 1.30. The molecule has 0 aliphatic heterocycles. The van der Waals surface area contributed by atoms with Crippen LogP contribution in [0.25, 0.3) is 0 Å². The van der Waals surface area contributed by atoms with Crippen molar-refractivity contribution in [3.8, 4) is 0 Å². The molecule has 1 aromatic carbocycles. The first-order valence-electron chi connectivity index (χ1n) is 4.36. The van der Waals surface area contributed by atoms with E-state index in [1.807, 2.05) is 19.9 Å². The molecule has 0 saturated carbocycles. The van der Waals surface area contributed by atoms with Gasteiger partial charge in [0.25, 0.3) is 0 Å². The second-order valence-electron chi connectivity index (χ2n) is 3.38. The van der Waals surface area contributed by atoms with Gasteiger partial charge >= 0.3 is 0 Å². The van der Waals surface area contributed by atoms with E-state index >= 15 is 0 Å². The van der Waals surface area contributed by atoms with E-state index in [1.165, 1.54) is 0 Å². The van der Waals surface area contributed by atoms with Gasteiger partial charge in [-0.3, -0.25) is 4.79 Å². The summed E-state index contributed by atoms with van der Waals surface area (Å²) in [6.45, 7) is 3.68. The smallest absolute Gasteiger partial charge is 0.226 e. The largest absolute Gasteiger partial charge is 0.397 e. The average Bonchev–Trinajstić information content (AvgIpc) is 2.09.